The Bertz CT molecular complexity index is 678. The third-order valence-corrected chi connectivity index (χ3v) is 5.27. The first-order valence-corrected chi connectivity index (χ1v) is 9.63. The molecule has 3 rings (SSSR count). The van der Waals surface area contributed by atoms with Crippen LogP contribution in [0.1, 0.15) is 50.4 Å². The van der Waals surface area contributed by atoms with E-state index >= 15 is 0 Å². The molecule has 142 valence electrons. The van der Waals surface area contributed by atoms with Crippen molar-refractivity contribution in [3.05, 3.63) is 17.5 Å². The topological polar surface area (TPSA) is 78.4 Å². The van der Waals surface area contributed by atoms with Crippen LogP contribution in [0, 0.1) is 6.92 Å². The number of nitrogens with zero attached hydrogens (tertiary/aromatic N) is 4. The number of likely N-dealkylation sites (tertiary alicyclic amines) is 1. The molecular formula is C19H29N5O2. The average Bonchev–Trinajstić information content (AvgIpc) is 3.08. The van der Waals surface area contributed by atoms with Gasteiger partial charge in [-0.1, -0.05) is 6.92 Å². The van der Waals surface area contributed by atoms with E-state index < -0.39 is 0 Å². The summed E-state index contributed by atoms with van der Waals surface area (Å²) in [6.07, 6.45) is 4.91. The van der Waals surface area contributed by atoms with E-state index in [1.54, 1.807) is 0 Å². The molecule has 0 spiro atoms. The molecule has 0 saturated carbocycles. The zero-order valence-corrected chi connectivity index (χ0v) is 16.0. The highest BCUT2D eigenvalue weighted by atomic mass is 16.2. The van der Waals surface area contributed by atoms with Crippen molar-refractivity contribution in [3.63, 3.8) is 0 Å². The highest BCUT2D eigenvalue weighted by Crippen LogP contribution is 2.22. The highest BCUT2D eigenvalue weighted by Gasteiger charge is 2.35. The van der Waals surface area contributed by atoms with E-state index in [2.05, 4.69) is 22.2 Å². The molecule has 26 heavy (non-hydrogen) atoms. The van der Waals surface area contributed by atoms with Crippen LogP contribution in [0.5, 0.6) is 0 Å². The maximum Gasteiger partial charge on any atom is 0.245 e. The van der Waals surface area contributed by atoms with Gasteiger partial charge in [-0.25, -0.2) is 9.97 Å². The van der Waals surface area contributed by atoms with Gasteiger partial charge in [-0.2, -0.15) is 0 Å². The maximum atomic E-state index is 12.9. The summed E-state index contributed by atoms with van der Waals surface area (Å²) in [5, 5.41) is 2.85. The summed E-state index contributed by atoms with van der Waals surface area (Å²) in [5.41, 5.74) is 1.99. The van der Waals surface area contributed by atoms with E-state index in [-0.39, 0.29) is 23.9 Å². The molecule has 0 aliphatic carbocycles. The van der Waals surface area contributed by atoms with E-state index in [1.165, 1.54) is 0 Å². The quantitative estimate of drug-likeness (QED) is 0.861. The molecule has 0 aromatic carbocycles. The van der Waals surface area contributed by atoms with E-state index in [0.717, 1.165) is 50.0 Å². The number of rotatable bonds is 5. The monoisotopic (exact) mass is 359 g/mol. The van der Waals surface area contributed by atoms with Crippen molar-refractivity contribution in [2.24, 2.45) is 0 Å². The van der Waals surface area contributed by atoms with Crippen LogP contribution < -0.4 is 10.2 Å². The molecule has 1 aromatic rings. The molecule has 2 fully saturated rings. The smallest absolute Gasteiger partial charge is 0.245 e. The van der Waals surface area contributed by atoms with Crippen molar-refractivity contribution < 1.29 is 9.59 Å². The van der Waals surface area contributed by atoms with Gasteiger partial charge in [0.15, 0.2) is 0 Å². The lowest BCUT2D eigenvalue weighted by molar-refractivity contribution is -0.138. The lowest BCUT2D eigenvalue weighted by Gasteiger charge is -2.33. The Morgan fingerprint density at radius 3 is 2.88 bits per heavy atom. The Kier molecular flexibility index (Phi) is 5.74. The number of aryl methyl sites for hydroxylation is 2. The van der Waals surface area contributed by atoms with Gasteiger partial charge in [0, 0.05) is 44.0 Å². The van der Waals surface area contributed by atoms with Crippen LogP contribution in [0.2, 0.25) is 0 Å². The molecule has 0 radical (unpaired) electrons. The van der Waals surface area contributed by atoms with Gasteiger partial charge in [0.1, 0.15) is 6.04 Å². The molecule has 0 bridgehead atoms. The van der Waals surface area contributed by atoms with Gasteiger partial charge >= 0.3 is 0 Å². The minimum absolute atomic E-state index is 0.0114. The van der Waals surface area contributed by atoms with Gasteiger partial charge in [-0.15, -0.1) is 0 Å². The van der Waals surface area contributed by atoms with Gasteiger partial charge in [0.2, 0.25) is 17.8 Å². The first-order chi connectivity index (χ1) is 12.5. The number of aromatic nitrogens is 2. The van der Waals surface area contributed by atoms with E-state index in [4.69, 9.17) is 0 Å². The molecule has 7 nitrogen and oxygen atoms in total. The minimum atomic E-state index is -0.357. The van der Waals surface area contributed by atoms with E-state index in [0.29, 0.717) is 18.9 Å². The number of amides is 2. The molecule has 1 unspecified atom stereocenters. The van der Waals surface area contributed by atoms with Crippen LogP contribution in [-0.4, -0.2) is 58.9 Å². The fourth-order valence-electron chi connectivity index (χ4n) is 3.87. The molecule has 2 aliphatic heterocycles. The second-order valence-electron chi connectivity index (χ2n) is 7.37. The second kappa shape index (κ2) is 8.01. The number of hydrogen-bond acceptors (Lipinski definition) is 5. The average molecular weight is 359 g/mol. The Morgan fingerprint density at radius 1 is 1.35 bits per heavy atom. The summed E-state index contributed by atoms with van der Waals surface area (Å²) in [6, 6.07) is 1.79. The SMILES string of the molecule is CCc1cc(C)nc(N(C)CC2CCCN2C(=O)[C@H]2CCCC(=O)N2)n1. The number of anilines is 1. The van der Waals surface area contributed by atoms with Gasteiger partial charge in [0.05, 0.1) is 0 Å². The molecule has 3 heterocycles. The normalized spacial score (nSPS) is 23.0. The summed E-state index contributed by atoms with van der Waals surface area (Å²) in [4.78, 5) is 37.7. The number of carbonyl (C=O) groups is 2. The summed E-state index contributed by atoms with van der Waals surface area (Å²) < 4.78 is 0. The fraction of sp³-hybridized carbons (Fsp3) is 0.684. The second-order valence-corrected chi connectivity index (χ2v) is 7.37. The van der Waals surface area contributed by atoms with Crippen molar-refractivity contribution in [1.29, 1.82) is 0 Å². The molecule has 7 heteroatoms. The first kappa shape index (κ1) is 18.6. The van der Waals surface area contributed by atoms with Crippen molar-refractivity contribution in [3.8, 4) is 0 Å². The number of piperidine rings is 1. The van der Waals surface area contributed by atoms with Gasteiger partial charge < -0.3 is 15.1 Å². The molecule has 1 aromatic heterocycles. The third kappa shape index (κ3) is 4.14. The van der Waals surface area contributed by atoms with E-state index in [9.17, 15) is 9.59 Å². The lowest BCUT2D eigenvalue weighted by Crippen LogP contribution is -2.53. The Hall–Kier alpha value is -2.18. The maximum absolute atomic E-state index is 12.9. The fourth-order valence-corrected chi connectivity index (χ4v) is 3.87. The van der Waals surface area contributed by atoms with Crippen molar-refractivity contribution in [1.82, 2.24) is 20.2 Å². The number of nitrogens with one attached hydrogen (secondary N) is 1. The molecule has 1 N–H and O–H groups in total. The Labute approximate surface area is 155 Å². The van der Waals surface area contributed by atoms with Crippen LogP contribution in [0.25, 0.3) is 0 Å². The zero-order valence-electron chi connectivity index (χ0n) is 16.0. The van der Waals surface area contributed by atoms with Crippen LogP contribution >= 0.6 is 0 Å². The summed E-state index contributed by atoms with van der Waals surface area (Å²) in [5.74, 6) is 0.767. The van der Waals surface area contributed by atoms with Gasteiger partial charge in [0.25, 0.3) is 0 Å². The first-order valence-electron chi connectivity index (χ1n) is 9.63. The van der Waals surface area contributed by atoms with Crippen LogP contribution in [-0.2, 0) is 16.0 Å². The van der Waals surface area contributed by atoms with Crippen molar-refractivity contribution in [2.45, 2.75) is 64.5 Å². The molecular weight excluding hydrogens is 330 g/mol. The largest absolute Gasteiger partial charge is 0.344 e. The molecule has 2 aliphatic rings. The standard InChI is InChI=1S/C19H29N5O2/c1-4-14-11-13(2)20-19(21-14)23(3)12-15-7-6-10-24(15)18(26)16-8-5-9-17(25)22-16/h11,15-16H,4-10,12H2,1-3H3,(H,22,25)/t15?,16-/m1/s1. The predicted octanol–water partition coefficient (Wildman–Crippen LogP) is 1.44. The molecule has 2 atom stereocenters. The van der Waals surface area contributed by atoms with Gasteiger partial charge in [-0.3, -0.25) is 9.59 Å². The van der Waals surface area contributed by atoms with E-state index in [1.807, 2.05) is 29.8 Å². The summed E-state index contributed by atoms with van der Waals surface area (Å²) in [7, 11) is 1.98. The van der Waals surface area contributed by atoms with Crippen molar-refractivity contribution >= 4 is 17.8 Å². The number of likely N-dealkylation sites (N-methyl/N-ethyl adjacent to an activating group) is 1. The van der Waals surface area contributed by atoms with Crippen LogP contribution in [0.4, 0.5) is 5.95 Å². The Morgan fingerprint density at radius 2 is 2.15 bits per heavy atom. The minimum Gasteiger partial charge on any atom is -0.344 e. The third-order valence-electron chi connectivity index (χ3n) is 5.27. The van der Waals surface area contributed by atoms with Crippen LogP contribution in [0.15, 0.2) is 6.07 Å². The molecule has 2 saturated heterocycles. The highest BCUT2D eigenvalue weighted by molar-refractivity contribution is 5.89. The summed E-state index contributed by atoms with van der Waals surface area (Å²) >= 11 is 0. The number of hydrogen-bond donors (Lipinski definition) is 1. The van der Waals surface area contributed by atoms with Gasteiger partial charge in [-0.05, 0) is 45.1 Å². The predicted molar refractivity (Wildman–Crippen MR) is 99.9 cm³/mol. The Balaban J connectivity index is 1.67. The zero-order chi connectivity index (χ0) is 18.7. The molecule has 2 amide bonds. The van der Waals surface area contributed by atoms with Crippen molar-refractivity contribution in [2.75, 3.05) is 25.0 Å². The lowest BCUT2D eigenvalue weighted by atomic mass is 10.0. The number of carbonyl (C=O) groups excluding carboxylic acids is 2. The van der Waals surface area contributed by atoms with Crippen LogP contribution in [0.3, 0.4) is 0 Å². The summed E-state index contributed by atoms with van der Waals surface area (Å²) in [6.45, 7) is 5.54.